The number of amidine groups is 1. The van der Waals surface area contributed by atoms with E-state index in [9.17, 15) is 9.59 Å². The normalized spacial score (nSPS) is 16.2. The topological polar surface area (TPSA) is 68.2 Å². The third-order valence-corrected chi connectivity index (χ3v) is 5.85. The van der Waals surface area contributed by atoms with E-state index in [0.29, 0.717) is 33.4 Å². The standard InChI is InChI=1S/C23H23BrN2O4S/c1-3-12-26-22(28)20(31-23(26)25-17-8-6-5-7-9-17)14-16-10-11-19(18(24)13-16)30-15-21(27)29-4-2/h5-11,13-14H,3-4,12,15H2,1-2H3/b20-14+,25-23?. The highest BCUT2D eigenvalue weighted by Gasteiger charge is 2.32. The zero-order valence-corrected chi connectivity index (χ0v) is 19.7. The molecule has 1 aliphatic heterocycles. The van der Waals surface area contributed by atoms with Crippen molar-refractivity contribution in [1.82, 2.24) is 4.90 Å². The van der Waals surface area contributed by atoms with Gasteiger partial charge in [-0.25, -0.2) is 9.79 Å². The predicted molar refractivity (Wildman–Crippen MR) is 127 cm³/mol. The highest BCUT2D eigenvalue weighted by atomic mass is 79.9. The van der Waals surface area contributed by atoms with E-state index in [2.05, 4.69) is 20.9 Å². The molecule has 1 fully saturated rings. The summed E-state index contributed by atoms with van der Waals surface area (Å²) in [6, 6.07) is 15.0. The summed E-state index contributed by atoms with van der Waals surface area (Å²) in [6.45, 7) is 4.54. The Morgan fingerprint density at radius 1 is 1.19 bits per heavy atom. The number of aliphatic imine (C=N–C) groups is 1. The van der Waals surface area contributed by atoms with Gasteiger partial charge in [0, 0.05) is 6.54 Å². The van der Waals surface area contributed by atoms with Gasteiger partial charge in [-0.3, -0.25) is 9.69 Å². The van der Waals surface area contributed by atoms with Gasteiger partial charge in [0.05, 0.1) is 21.7 Å². The van der Waals surface area contributed by atoms with Gasteiger partial charge in [0.2, 0.25) is 0 Å². The summed E-state index contributed by atoms with van der Waals surface area (Å²) < 4.78 is 11.0. The second-order valence-electron chi connectivity index (χ2n) is 6.58. The SMILES string of the molecule is CCCN1C(=O)/C(=C\c2ccc(OCC(=O)OCC)c(Br)c2)SC1=Nc1ccccc1. The Morgan fingerprint density at radius 3 is 2.65 bits per heavy atom. The zero-order valence-electron chi connectivity index (χ0n) is 17.3. The van der Waals surface area contributed by atoms with Crippen molar-refractivity contribution in [3.05, 3.63) is 63.5 Å². The molecule has 0 saturated carbocycles. The number of para-hydroxylation sites is 1. The van der Waals surface area contributed by atoms with Crippen LogP contribution in [-0.4, -0.2) is 41.7 Å². The Labute approximate surface area is 194 Å². The van der Waals surface area contributed by atoms with Crippen molar-refractivity contribution in [1.29, 1.82) is 0 Å². The minimum absolute atomic E-state index is 0.0553. The van der Waals surface area contributed by atoms with Gasteiger partial charge < -0.3 is 9.47 Å². The second kappa shape index (κ2) is 11.2. The molecule has 6 nitrogen and oxygen atoms in total. The molecule has 3 rings (SSSR count). The van der Waals surface area contributed by atoms with Crippen molar-refractivity contribution in [2.24, 2.45) is 4.99 Å². The van der Waals surface area contributed by atoms with Gasteiger partial charge >= 0.3 is 5.97 Å². The summed E-state index contributed by atoms with van der Waals surface area (Å²) in [5.41, 5.74) is 1.65. The molecule has 1 heterocycles. The zero-order chi connectivity index (χ0) is 22.2. The number of ether oxygens (including phenoxy) is 2. The fourth-order valence-electron chi connectivity index (χ4n) is 2.84. The van der Waals surface area contributed by atoms with Crippen molar-refractivity contribution in [3.8, 4) is 5.75 Å². The first-order valence-electron chi connectivity index (χ1n) is 9.95. The number of halogens is 1. The summed E-state index contributed by atoms with van der Waals surface area (Å²) in [5, 5.41) is 0.678. The van der Waals surface area contributed by atoms with Crippen LogP contribution < -0.4 is 4.74 Å². The lowest BCUT2D eigenvalue weighted by Crippen LogP contribution is -2.29. The highest BCUT2D eigenvalue weighted by Crippen LogP contribution is 2.35. The highest BCUT2D eigenvalue weighted by molar-refractivity contribution is 9.10. The van der Waals surface area contributed by atoms with Gasteiger partial charge in [0.25, 0.3) is 5.91 Å². The average molecular weight is 503 g/mol. The molecule has 0 spiro atoms. The molecule has 162 valence electrons. The number of hydrogen-bond acceptors (Lipinski definition) is 6. The minimum atomic E-state index is -0.421. The number of amides is 1. The fourth-order valence-corrected chi connectivity index (χ4v) is 4.38. The number of esters is 1. The van der Waals surface area contributed by atoms with Crippen LogP contribution in [0.25, 0.3) is 6.08 Å². The number of nitrogens with zero attached hydrogens (tertiary/aromatic N) is 2. The van der Waals surface area contributed by atoms with E-state index in [1.165, 1.54) is 11.8 Å². The largest absolute Gasteiger partial charge is 0.481 e. The number of hydrogen-bond donors (Lipinski definition) is 0. The van der Waals surface area contributed by atoms with Crippen molar-refractivity contribution < 1.29 is 19.1 Å². The molecular formula is C23H23BrN2O4S. The van der Waals surface area contributed by atoms with Crippen molar-refractivity contribution in [2.75, 3.05) is 19.8 Å². The molecule has 0 bridgehead atoms. The fraction of sp³-hybridized carbons (Fsp3) is 0.261. The molecule has 1 saturated heterocycles. The molecule has 8 heteroatoms. The third kappa shape index (κ3) is 6.21. The molecule has 0 N–H and O–H groups in total. The number of carbonyl (C=O) groups is 2. The Morgan fingerprint density at radius 2 is 1.97 bits per heavy atom. The van der Waals surface area contributed by atoms with Crippen molar-refractivity contribution >= 4 is 56.5 Å². The summed E-state index contributed by atoms with van der Waals surface area (Å²) in [6.07, 6.45) is 2.68. The van der Waals surface area contributed by atoms with E-state index in [4.69, 9.17) is 9.47 Å². The molecule has 0 aromatic heterocycles. The van der Waals surface area contributed by atoms with E-state index in [1.807, 2.05) is 55.5 Å². The Bertz CT molecular complexity index is 1010. The van der Waals surface area contributed by atoms with Crippen LogP contribution in [0.4, 0.5) is 5.69 Å². The number of benzene rings is 2. The lowest BCUT2D eigenvalue weighted by molar-refractivity contribution is -0.145. The van der Waals surface area contributed by atoms with Gasteiger partial charge in [0.1, 0.15) is 5.75 Å². The van der Waals surface area contributed by atoms with Crippen LogP contribution in [-0.2, 0) is 14.3 Å². The van der Waals surface area contributed by atoms with E-state index in [1.54, 1.807) is 17.9 Å². The van der Waals surface area contributed by atoms with Crippen LogP contribution in [0.15, 0.2) is 62.9 Å². The molecule has 0 unspecified atom stereocenters. The van der Waals surface area contributed by atoms with E-state index < -0.39 is 5.97 Å². The summed E-state index contributed by atoms with van der Waals surface area (Å²) >= 11 is 4.83. The number of rotatable bonds is 8. The Balaban J connectivity index is 1.79. The van der Waals surface area contributed by atoms with Crippen LogP contribution in [0.3, 0.4) is 0 Å². The molecule has 0 radical (unpaired) electrons. The smallest absolute Gasteiger partial charge is 0.344 e. The number of thioether (sulfide) groups is 1. The lowest BCUT2D eigenvalue weighted by Gasteiger charge is -2.13. The van der Waals surface area contributed by atoms with E-state index >= 15 is 0 Å². The first kappa shape index (κ1) is 23.1. The molecule has 31 heavy (non-hydrogen) atoms. The maximum Gasteiger partial charge on any atom is 0.344 e. The lowest BCUT2D eigenvalue weighted by atomic mass is 10.2. The minimum Gasteiger partial charge on any atom is -0.481 e. The van der Waals surface area contributed by atoms with Gasteiger partial charge in [-0.1, -0.05) is 31.2 Å². The van der Waals surface area contributed by atoms with Crippen LogP contribution in [0.5, 0.6) is 5.75 Å². The first-order chi connectivity index (χ1) is 15.0. The van der Waals surface area contributed by atoms with E-state index in [-0.39, 0.29) is 12.5 Å². The Kier molecular flexibility index (Phi) is 8.31. The molecule has 2 aromatic carbocycles. The molecule has 0 aliphatic carbocycles. The summed E-state index contributed by atoms with van der Waals surface area (Å²) in [4.78, 5) is 31.4. The van der Waals surface area contributed by atoms with Gasteiger partial charge in [0.15, 0.2) is 11.8 Å². The van der Waals surface area contributed by atoms with E-state index in [0.717, 1.165) is 17.7 Å². The molecule has 2 aromatic rings. The predicted octanol–water partition coefficient (Wildman–Crippen LogP) is 5.41. The third-order valence-electron chi connectivity index (χ3n) is 4.22. The molecule has 0 atom stereocenters. The van der Waals surface area contributed by atoms with Crippen molar-refractivity contribution in [3.63, 3.8) is 0 Å². The van der Waals surface area contributed by atoms with Crippen LogP contribution in [0.1, 0.15) is 25.8 Å². The van der Waals surface area contributed by atoms with Gasteiger partial charge in [-0.15, -0.1) is 0 Å². The average Bonchev–Trinajstić information content (AvgIpc) is 3.03. The molecule has 1 amide bonds. The van der Waals surface area contributed by atoms with Crippen LogP contribution in [0.2, 0.25) is 0 Å². The quantitative estimate of drug-likeness (QED) is 0.356. The summed E-state index contributed by atoms with van der Waals surface area (Å²) in [5.74, 6) is 0.0506. The van der Waals surface area contributed by atoms with Crippen LogP contribution >= 0.6 is 27.7 Å². The van der Waals surface area contributed by atoms with Gasteiger partial charge in [-0.2, -0.15) is 0 Å². The number of carbonyl (C=O) groups excluding carboxylic acids is 2. The van der Waals surface area contributed by atoms with Gasteiger partial charge in [-0.05, 0) is 76.9 Å². The molecular weight excluding hydrogens is 480 g/mol. The Hall–Kier alpha value is -2.58. The maximum atomic E-state index is 13.0. The second-order valence-corrected chi connectivity index (χ2v) is 8.44. The first-order valence-corrected chi connectivity index (χ1v) is 11.6. The molecule has 1 aliphatic rings. The maximum absolute atomic E-state index is 13.0. The van der Waals surface area contributed by atoms with Crippen molar-refractivity contribution in [2.45, 2.75) is 20.3 Å². The summed E-state index contributed by atoms with van der Waals surface area (Å²) in [7, 11) is 0. The van der Waals surface area contributed by atoms with Crippen LogP contribution in [0, 0.1) is 0 Å². The monoisotopic (exact) mass is 502 g/mol.